The summed E-state index contributed by atoms with van der Waals surface area (Å²) in [6.45, 7) is 3.76. The van der Waals surface area contributed by atoms with Crippen LogP contribution in [0, 0.1) is 5.92 Å². The second kappa shape index (κ2) is 8.37. The molecule has 23 heavy (non-hydrogen) atoms. The molecule has 3 nitrogen and oxygen atoms in total. The molecule has 0 aliphatic heterocycles. The van der Waals surface area contributed by atoms with Crippen molar-refractivity contribution in [2.45, 2.75) is 32.8 Å². The first-order valence-corrected chi connectivity index (χ1v) is 7.96. The molecule has 0 heterocycles. The Hall–Kier alpha value is -2.29. The Morgan fingerprint density at radius 1 is 0.913 bits per heavy atom. The lowest BCUT2D eigenvalue weighted by Crippen LogP contribution is -2.25. The van der Waals surface area contributed by atoms with E-state index in [2.05, 4.69) is 0 Å². The van der Waals surface area contributed by atoms with Crippen molar-refractivity contribution in [2.24, 2.45) is 5.92 Å². The smallest absolute Gasteiger partial charge is 0.309 e. The van der Waals surface area contributed by atoms with Crippen LogP contribution < -0.4 is 4.74 Å². The molecule has 0 fully saturated rings. The van der Waals surface area contributed by atoms with E-state index in [-0.39, 0.29) is 18.0 Å². The fraction of sp³-hybridized carbons (Fsp3) is 0.350. The highest BCUT2D eigenvalue weighted by Gasteiger charge is 2.22. The molecule has 0 bridgehead atoms. The van der Waals surface area contributed by atoms with Gasteiger partial charge in [-0.2, -0.15) is 0 Å². The van der Waals surface area contributed by atoms with Gasteiger partial charge in [0.05, 0.1) is 19.1 Å². The summed E-state index contributed by atoms with van der Waals surface area (Å²) in [5.74, 6) is 0.492. The van der Waals surface area contributed by atoms with Gasteiger partial charge in [0.15, 0.2) is 0 Å². The van der Waals surface area contributed by atoms with Gasteiger partial charge in [-0.3, -0.25) is 4.79 Å². The molecule has 0 N–H and O–H groups in total. The molecule has 0 amide bonds. The van der Waals surface area contributed by atoms with Crippen LogP contribution in [0.3, 0.4) is 0 Å². The Morgan fingerprint density at radius 2 is 1.48 bits per heavy atom. The lowest BCUT2D eigenvalue weighted by atomic mass is 9.92. The number of carbonyl (C=O) groups is 1. The molecule has 0 aliphatic rings. The zero-order valence-electron chi connectivity index (χ0n) is 14.0. The van der Waals surface area contributed by atoms with Crippen molar-refractivity contribution < 1.29 is 14.3 Å². The first kappa shape index (κ1) is 17.1. The highest BCUT2D eigenvalue weighted by molar-refractivity contribution is 5.73. The Balaban J connectivity index is 2.13. The largest absolute Gasteiger partial charge is 0.497 e. The maximum absolute atomic E-state index is 12.4. The van der Waals surface area contributed by atoms with Crippen molar-refractivity contribution in [3.8, 4) is 5.75 Å². The van der Waals surface area contributed by atoms with Crippen molar-refractivity contribution in [1.29, 1.82) is 0 Å². The molecule has 122 valence electrons. The molecule has 0 aliphatic carbocycles. The topological polar surface area (TPSA) is 35.5 Å². The number of methoxy groups -OCH3 is 1. The molecule has 0 unspecified atom stereocenters. The summed E-state index contributed by atoms with van der Waals surface area (Å²) in [6.07, 6.45) is 1.24. The number of ether oxygens (including phenoxy) is 2. The second-order valence-corrected chi connectivity index (χ2v) is 5.92. The van der Waals surface area contributed by atoms with Gasteiger partial charge < -0.3 is 9.47 Å². The number of carbonyl (C=O) groups excluding carboxylic acids is 1. The van der Waals surface area contributed by atoms with Gasteiger partial charge in [0, 0.05) is 0 Å². The van der Waals surface area contributed by atoms with Crippen LogP contribution in [0.1, 0.15) is 25.0 Å². The number of hydrogen-bond acceptors (Lipinski definition) is 3. The Morgan fingerprint density at radius 3 is 2.00 bits per heavy atom. The van der Waals surface area contributed by atoms with Gasteiger partial charge in [-0.25, -0.2) is 0 Å². The Bertz CT molecular complexity index is 603. The predicted octanol–water partition coefficient (Wildman–Crippen LogP) is 4.05. The highest BCUT2D eigenvalue weighted by Crippen LogP contribution is 2.19. The van der Waals surface area contributed by atoms with E-state index in [1.54, 1.807) is 7.11 Å². The van der Waals surface area contributed by atoms with E-state index >= 15 is 0 Å². The minimum Gasteiger partial charge on any atom is -0.497 e. The number of esters is 1. The number of rotatable bonds is 7. The van der Waals surface area contributed by atoms with Crippen LogP contribution in [0.15, 0.2) is 54.6 Å². The van der Waals surface area contributed by atoms with E-state index in [1.165, 1.54) is 0 Å². The Labute approximate surface area is 138 Å². The normalized spacial score (nSPS) is 12.0. The van der Waals surface area contributed by atoms with E-state index in [1.807, 2.05) is 68.4 Å². The molecule has 2 aromatic carbocycles. The molecule has 0 radical (unpaired) electrons. The lowest BCUT2D eigenvalue weighted by molar-refractivity contribution is -0.152. The van der Waals surface area contributed by atoms with Crippen molar-refractivity contribution >= 4 is 5.97 Å². The molecule has 2 rings (SSSR count). The van der Waals surface area contributed by atoms with E-state index in [9.17, 15) is 4.79 Å². The van der Waals surface area contributed by atoms with Crippen molar-refractivity contribution in [3.05, 3.63) is 65.7 Å². The van der Waals surface area contributed by atoms with Crippen LogP contribution >= 0.6 is 0 Å². The fourth-order valence-electron chi connectivity index (χ4n) is 2.51. The Kier molecular flexibility index (Phi) is 6.21. The number of hydrogen-bond donors (Lipinski definition) is 0. The van der Waals surface area contributed by atoms with Gasteiger partial charge in [-0.1, -0.05) is 42.5 Å². The third-order valence-corrected chi connectivity index (χ3v) is 3.65. The molecule has 0 saturated carbocycles. The summed E-state index contributed by atoms with van der Waals surface area (Å²) < 4.78 is 10.6. The SMILES string of the molecule is COc1ccc(C[C@@H](Cc2ccccc2)C(=O)OC(C)C)cc1. The minimum atomic E-state index is -0.187. The van der Waals surface area contributed by atoms with Crippen LogP contribution in [-0.2, 0) is 22.4 Å². The van der Waals surface area contributed by atoms with Gasteiger partial charge in [0.2, 0.25) is 0 Å². The summed E-state index contributed by atoms with van der Waals surface area (Å²) in [6, 6.07) is 17.9. The third kappa shape index (κ3) is 5.44. The molecular formula is C20H24O3. The maximum Gasteiger partial charge on any atom is 0.309 e. The van der Waals surface area contributed by atoms with Crippen molar-refractivity contribution in [2.75, 3.05) is 7.11 Å². The highest BCUT2D eigenvalue weighted by atomic mass is 16.5. The standard InChI is InChI=1S/C20H24O3/c1-15(2)23-20(21)18(13-16-7-5-4-6-8-16)14-17-9-11-19(22-3)12-10-17/h4-12,15,18H,13-14H2,1-3H3/t18-/m1/s1. The zero-order valence-corrected chi connectivity index (χ0v) is 14.0. The minimum absolute atomic E-state index is 0.100. The molecule has 2 aromatic rings. The molecule has 0 aromatic heterocycles. The van der Waals surface area contributed by atoms with Gasteiger partial charge in [0.1, 0.15) is 5.75 Å². The summed E-state index contributed by atoms with van der Waals surface area (Å²) in [5, 5.41) is 0. The monoisotopic (exact) mass is 312 g/mol. The zero-order chi connectivity index (χ0) is 16.7. The van der Waals surface area contributed by atoms with Crippen molar-refractivity contribution in [1.82, 2.24) is 0 Å². The van der Waals surface area contributed by atoms with Gasteiger partial charge in [0.25, 0.3) is 0 Å². The molecule has 3 heteroatoms. The van der Waals surface area contributed by atoms with E-state index in [4.69, 9.17) is 9.47 Å². The van der Waals surface area contributed by atoms with Crippen LogP contribution in [-0.4, -0.2) is 19.2 Å². The first-order valence-electron chi connectivity index (χ1n) is 7.96. The first-order chi connectivity index (χ1) is 11.1. The van der Waals surface area contributed by atoms with Crippen LogP contribution in [0.25, 0.3) is 0 Å². The molecule has 1 atom stereocenters. The van der Waals surface area contributed by atoms with Gasteiger partial charge >= 0.3 is 5.97 Å². The fourth-order valence-corrected chi connectivity index (χ4v) is 2.51. The van der Waals surface area contributed by atoms with E-state index in [0.717, 1.165) is 16.9 Å². The summed E-state index contributed by atoms with van der Waals surface area (Å²) in [4.78, 5) is 12.4. The predicted molar refractivity (Wildman–Crippen MR) is 91.6 cm³/mol. The average Bonchev–Trinajstić information content (AvgIpc) is 2.55. The quantitative estimate of drug-likeness (QED) is 0.724. The molecule has 0 spiro atoms. The summed E-state index contributed by atoms with van der Waals surface area (Å²) in [5.41, 5.74) is 2.25. The number of benzene rings is 2. The van der Waals surface area contributed by atoms with Crippen molar-refractivity contribution in [3.63, 3.8) is 0 Å². The molecular weight excluding hydrogens is 288 g/mol. The van der Waals surface area contributed by atoms with Crippen LogP contribution in [0.5, 0.6) is 5.75 Å². The third-order valence-electron chi connectivity index (χ3n) is 3.65. The average molecular weight is 312 g/mol. The summed E-state index contributed by atoms with van der Waals surface area (Å²) in [7, 11) is 1.65. The lowest BCUT2D eigenvalue weighted by Gasteiger charge is -2.18. The summed E-state index contributed by atoms with van der Waals surface area (Å²) >= 11 is 0. The molecule has 0 saturated heterocycles. The van der Waals surface area contributed by atoms with E-state index in [0.29, 0.717) is 12.8 Å². The van der Waals surface area contributed by atoms with Gasteiger partial charge in [-0.15, -0.1) is 0 Å². The maximum atomic E-state index is 12.4. The van der Waals surface area contributed by atoms with Crippen LogP contribution in [0.2, 0.25) is 0 Å². The van der Waals surface area contributed by atoms with E-state index < -0.39 is 0 Å². The second-order valence-electron chi connectivity index (χ2n) is 5.92. The van der Waals surface area contributed by atoms with Crippen LogP contribution in [0.4, 0.5) is 0 Å². The van der Waals surface area contributed by atoms with Gasteiger partial charge in [-0.05, 0) is 49.9 Å².